The molecule has 1 N–H and O–H groups in total. The summed E-state index contributed by atoms with van der Waals surface area (Å²) in [5, 5.41) is 7.07. The fraction of sp³-hybridized carbons (Fsp3) is 0.182. The molecule has 0 unspecified atom stereocenters. The van der Waals surface area contributed by atoms with Crippen molar-refractivity contribution in [2.75, 3.05) is 19.1 Å². The second-order valence-corrected chi connectivity index (χ2v) is 6.77. The van der Waals surface area contributed by atoms with E-state index in [0.717, 1.165) is 33.3 Å². The molecule has 0 saturated heterocycles. The summed E-state index contributed by atoms with van der Waals surface area (Å²) >= 11 is 1.51. The largest absolute Gasteiger partial charge is 0.493 e. The van der Waals surface area contributed by atoms with Gasteiger partial charge in [-0.05, 0) is 31.0 Å². The molecule has 1 heterocycles. The van der Waals surface area contributed by atoms with Crippen molar-refractivity contribution in [1.82, 2.24) is 4.98 Å². The van der Waals surface area contributed by atoms with Gasteiger partial charge in [0, 0.05) is 16.5 Å². The first-order valence-corrected chi connectivity index (χ1v) is 9.87. The summed E-state index contributed by atoms with van der Waals surface area (Å²) in [5.74, 6) is 1.44. The Morgan fingerprint density at radius 1 is 1.25 bits per heavy atom. The second kappa shape index (κ2) is 9.71. The molecule has 5 nitrogen and oxygen atoms in total. The Hall–Kier alpha value is -3.12. The molecule has 6 heteroatoms. The number of thiazole rings is 1. The topological polar surface area (TPSA) is 55.7 Å². The van der Waals surface area contributed by atoms with Crippen molar-refractivity contribution in [3.8, 4) is 22.8 Å². The van der Waals surface area contributed by atoms with Crippen LogP contribution in [0.5, 0.6) is 11.5 Å². The normalized spacial score (nSPS) is 10.8. The highest BCUT2D eigenvalue weighted by Gasteiger charge is 2.11. The van der Waals surface area contributed by atoms with Crippen molar-refractivity contribution in [2.45, 2.75) is 13.3 Å². The molecule has 0 aliphatic heterocycles. The van der Waals surface area contributed by atoms with Gasteiger partial charge in [-0.3, -0.25) is 5.43 Å². The van der Waals surface area contributed by atoms with Crippen LogP contribution in [0.3, 0.4) is 0 Å². The minimum Gasteiger partial charge on any atom is -0.493 e. The molecule has 0 bridgehead atoms. The first kappa shape index (κ1) is 19.6. The van der Waals surface area contributed by atoms with Gasteiger partial charge in [-0.1, -0.05) is 36.4 Å². The Kier molecular flexibility index (Phi) is 6.81. The van der Waals surface area contributed by atoms with Crippen LogP contribution in [0.2, 0.25) is 0 Å². The van der Waals surface area contributed by atoms with E-state index in [1.807, 2.05) is 60.8 Å². The lowest BCUT2D eigenvalue weighted by molar-refractivity contribution is 0.309. The van der Waals surface area contributed by atoms with Crippen LogP contribution >= 0.6 is 11.3 Å². The number of aromatic nitrogens is 1. The lowest BCUT2D eigenvalue weighted by Gasteiger charge is -2.14. The number of nitrogens with one attached hydrogen (secondary N) is 1. The highest BCUT2D eigenvalue weighted by Crippen LogP contribution is 2.33. The number of hydrazone groups is 1. The van der Waals surface area contributed by atoms with Gasteiger partial charge in [0.1, 0.15) is 0 Å². The molecule has 2 aromatic carbocycles. The van der Waals surface area contributed by atoms with Crippen molar-refractivity contribution in [2.24, 2.45) is 5.10 Å². The summed E-state index contributed by atoms with van der Waals surface area (Å²) in [7, 11) is 1.65. The Balaban J connectivity index is 1.76. The standard InChI is InChI=1S/C22H23N3O2S/c1-4-9-18-12-16(13-20(27-5-2)21(18)26-3)14-23-25-22-24-19(15-28-22)17-10-7-6-8-11-17/h4,6-8,10-15H,1,5,9H2,2-3H3,(H,24,25). The number of benzene rings is 2. The molecule has 3 aromatic rings. The number of hydrogen-bond donors (Lipinski definition) is 1. The second-order valence-electron chi connectivity index (χ2n) is 5.91. The van der Waals surface area contributed by atoms with Gasteiger partial charge >= 0.3 is 0 Å². The van der Waals surface area contributed by atoms with E-state index >= 15 is 0 Å². The van der Waals surface area contributed by atoms with Gasteiger partial charge in [-0.2, -0.15) is 5.10 Å². The molecule has 0 aliphatic carbocycles. The van der Waals surface area contributed by atoms with E-state index in [1.54, 1.807) is 13.3 Å². The van der Waals surface area contributed by atoms with Crippen LogP contribution in [0.15, 0.2) is 65.6 Å². The molecule has 0 aliphatic rings. The Morgan fingerprint density at radius 2 is 2.07 bits per heavy atom. The zero-order valence-corrected chi connectivity index (χ0v) is 16.8. The van der Waals surface area contributed by atoms with Crippen molar-refractivity contribution in [1.29, 1.82) is 0 Å². The molecule has 0 spiro atoms. The van der Waals surface area contributed by atoms with Crippen LogP contribution in [-0.2, 0) is 6.42 Å². The average Bonchev–Trinajstić information content (AvgIpc) is 3.18. The van der Waals surface area contributed by atoms with E-state index in [1.165, 1.54) is 11.3 Å². The number of anilines is 1. The fourth-order valence-corrected chi connectivity index (χ4v) is 3.46. The van der Waals surface area contributed by atoms with E-state index in [4.69, 9.17) is 9.47 Å². The van der Waals surface area contributed by atoms with Crippen LogP contribution in [-0.4, -0.2) is 24.9 Å². The van der Waals surface area contributed by atoms with E-state index in [-0.39, 0.29) is 0 Å². The van der Waals surface area contributed by atoms with Crippen LogP contribution < -0.4 is 14.9 Å². The number of ether oxygens (including phenoxy) is 2. The van der Waals surface area contributed by atoms with Crippen LogP contribution in [0.4, 0.5) is 5.13 Å². The SMILES string of the molecule is C=CCc1cc(C=NNc2nc(-c3ccccc3)cs2)cc(OCC)c1OC. The predicted octanol–water partition coefficient (Wildman–Crippen LogP) is 5.39. The molecule has 3 rings (SSSR count). The zero-order valence-electron chi connectivity index (χ0n) is 16.0. The number of hydrogen-bond acceptors (Lipinski definition) is 6. The summed E-state index contributed by atoms with van der Waals surface area (Å²) in [6, 6.07) is 14.0. The third kappa shape index (κ3) is 4.78. The van der Waals surface area contributed by atoms with Crippen LogP contribution in [0.1, 0.15) is 18.1 Å². The van der Waals surface area contributed by atoms with E-state index in [0.29, 0.717) is 18.8 Å². The lowest BCUT2D eigenvalue weighted by atomic mass is 10.1. The van der Waals surface area contributed by atoms with Crippen molar-refractivity contribution in [3.63, 3.8) is 0 Å². The Labute approximate surface area is 169 Å². The molecule has 144 valence electrons. The van der Waals surface area contributed by atoms with Crippen molar-refractivity contribution < 1.29 is 9.47 Å². The molecular formula is C22H23N3O2S. The zero-order chi connectivity index (χ0) is 19.8. The van der Waals surface area contributed by atoms with Gasteiger partial charge in [0.25, 0.3) is 0 Å². The predicted molar refractivity (Wildman–Crippen MR) is 117 cm³/mol. The highest BCUT2D eigenvalue weighted by molar-refractivity contribution is 7.14. The number of rotatable bonds is 9. The van der Waals surface area contributed by atoms with E-state index in [2.05, 4.69) is 22.1 Å². The van der Waals surface area contributed by atoms with E-state index in [9.17, 15) is 0 Å². The minimum absolute atomic E-state index is 0.560. The number of allylic oxidation sites excluding steroid dienone is 1. The Bertz CT molecular complexity index is 952. The first-order valence-electron chi connectivity index (χ1n) is 8.99. The lowest BCUT2D eigenvalue weighted by Crippen LogP contribution is -2.01. The molecule has 1 aromatic heterocycles. The summed E-state index contributed by atoms with van der Waals surface area (Å²) in [4.78, 5) is 4.57. The molecule has 0 atom stereocenters. The van der Waals surface area contributed by atoms with Crippen molar-refractivity contribution in [3.05, 3.63) is 71.6 Å². The number of methoxy groups -OCH3 is 1. The quantitative estimate of drug-likeness (QED) is 0.301. The van der Waals surface area contributed by atoms with Gasteiger partial charge < -0.3 is 9.47 Å². The van der Waals surface area contributed by atoms with Crippen LogP contribution in [0, 0.1) is 0 Å². The molecule has 0 saturated carbocycles. The third-order valence-corrected chi connectivity index (χ3v) is 4.72. The fourth-order valence-electron chi connectivity index (χ4n) is 2.79. The first-order chi connectivity index (χ1) is 13.7. The molecule has 0 radical (unpaired) electrons. The van der Waals surface area contributed by atoms with Gasteiger partial charge in [-0.25, -0.2) is 4.98 Å². The van der Waals surface area contributed by atoms with E-state index < -0.39 is 0 Å². The van der Waals surface area contributed by atoms with Gasteiger partial charge in [0.05, 0.1) is 25.6 Å². The summed E-state index contributed by atoms with van der Waals surface area (Å²) < 4.78 is 11.2. The van der Waals surface area contributed by atoms with Gasteiger partial charge in [0.2, 0.25) is 5.13 Å². The van der Waals surface area contributed by atoms with Gasteiger partial charge in [-0.15, -0.1) is 17.9 Å². The summed E-state index contributed by atoms with van der Waals surface area (Å²) in [6.07, 6.45) is 4.27. The maximum absolute atomic E-state index is 5.72. The van der Waals surface area contributed by atoms with Crippen LogP contribution in [0.25, 0.3) is 11.3 Å². The highest BCUT2D eigenvalue weighted by atomic mass is 32.1. The average molecular weight is 394 g/mol. The van der Waals surface area contributed by atoms with Gasteiger partial charge in [0.15, 0.2) is 11.5 Å². The molecule has 28 heavy (non-hydrogen) atoms. The molecule has 0 amide bonds. The molecule has 0 fully saturated rings. The third-order valence-electron chi connectivity index (χ3n) is 3.97. The molecular weight excluding hydrogens is 370 g/mol. The number of nitrogens with zero attached hydrogens (tertiary/aromatic N) is 2. The maximum atomic E-state index is 5.72. The maximum Gasteiger partial charge on any atom is 0.203 e. The van der Waals surface area contributed by atoms with Crippen molar-refractivity contribution >= 4 is 22.7 Å². The smallest absolute Gasteiger partial charge is 0.203 e. The summed E-state index contributed by atoms with van der Waals surface area (Å²) in [6.45, 7) is 6.32. The minimum atomic E-state index is 0.560. The Morgan fingerprint density at radius 3 is 2.79 bits per heavy atom. The summed E-state index contributed by atoms with van der Waals surface area (Å²) in [5.41, 5.74) is 6.93. The monoisotopic (exact) mass is 393 g/mol.